The highest BCUT2D eigenvalue weighted by Crippen LogP contribution is 2.21. The molecule has 25 heavy (non-hydrogen) atoms. The molecule has 1 heterocycles. The van der Waals surface area contributed by atoms with Gasteiger partial charge in [-0.3, -0.25) is 14.1 Å². The molecule has 1 saturated heterocycles. The Hall–Kier alpha value is -1.82. The van der Waals surface area contributed by atoms with E-state index in [1.807, 2.05) is 42.5 Å². The Balaban J connectivity index is 0.000000399. The fourth-order valence-electron chi connectivity index (χ4n) is 2.15. The van der Waals surface area contributed by atoms with Crippen LogP contribution in [0.2, 0.25) is 0 Å². The van der Waals surface area contributed by atoms with Gasteiger partial charge in [0.15, 0.2) is 3.57 Å². The van der Waals surface area contributed by atoms with Crippen LogP contribution in [0.3, 0.4) is 0 Å². The lowest BCUT2D eigenvalue weighted by atomic mass is 10.3. The number of hydrogen-bond acceptors (Lipinski definition) is 5. The largest absolute Gasteiger partial charge is 0.726 e. The van der Waals surface area contributed by atoms with Crippen LogP contribution in [-0.4, -0.2) is 29.3 Å². The Morgan fingerprint density at radius 3 is 1.96 bits per heavy atom. The van der Waals surface area contributed by atoms with Gasteiger partial charge in [-0.1, -0.05) is 30.3 Å². The van der Waals surface area contributed by atoms with Gasteiger partial charge in [-0.05, 0) is 24.3 Å². The van der Waals surface area contributed by atoms with Gasteiger partial charge in [0.25, 0.3) is 0 Å². The number of halogens is 1. The van der Waals surface area contributed by atoms with Gasteiger partial charge in [0.05, 0.1) is 0 Å². The topological polar surface area (TPSA) is 115 Å². The molecule has 7 nitrogen and oxygen atoms in total. The third-order valence-electron chi connectivity index (χ3n) is 3.09. The molecule has 0 aliphatic carbocycles. The van der Waals surface area contributed by atoms with Gasteiger partial charge < -0.3 is 4.55 Å². The lowest BCUT2D eigenvalue weighted by molar-refractivity contribution is -0.596. The first-order valence-corrected chi connectivity index (χ1v) is 10.6. The molecule has 0 unspecified atom stereocenters. The maximum Gasteiger partial charge on any atom is 0.360 e. The van der Waals surface area contributed by atoms with E-state index in [4.69, 9.17) is 17.5 Å². The van der Waals surface area contributed by atoms with Gasteiger partial charge in [-0.25, -0.2) is 13.3 Å². The Labute approximate surface area is 155 Å². The van der Waals surface area contributed by atoms with E-state index in [0.29, 0.717) is 12.8 Å². The SMILES string of the molecule is O=C1CCC(=O)N1c1ccccc1[I+]c1ccccc1.O=S(=O)([O-])O. The van der Waals surface area contributed by atoms with Crippen molar-refractivity contribution in [3.8, 4) is 0 Å². The zero-order chi connectivity index (χ0) is 18.4. The summed E-state index contributed by atoms with van der Waals surface area (Å²) in [4.78, 5) is 25.2. The van der Waals surface area contributed by atoms with Crippen molar-refractivity contribution in [1.82, 2.24) is 0 Å². The molecule has 0 atom stereocenters. The summed E-state index contributed by atoms with van der Waals surface area (Å²) in [7, 11) is -4.92. The lowest BCUT2D eigenvalue weighted by Gasteiger charge is -2.13. The molecule has 1 N–H and O–H groups in total. The van der Waals surface area contributed by atoms with E-state index in [0.717, 1.165) is 9.26 Å². The lowest BCUT2D eigenvalue weighted by Crippen LogP contribution is -3.61. The van der Waals surface area contributed by atoms with Crippen molar-refractivity contribution in [3.63, 3.8) is 0 Å². The van der Waals surface area contributed by atoms with E-state index in [1.54, 1.807) is 0 Å². The molecule has 2 aromatic rings. The summed E-state index contributed by atoms with van der Waals surface area (Å²) in [6.07, 6.45) is 0.660. The second kappa shape index (κ2) is 8.52. The standard InChI is InChI=1S/C16H13INO2.H2O4S/c19-15-10-11-16(20)18(15)14-9-5-4-8-13(14)17-12-6-2-1-3-7-12;1-5(2,3)4/h1-9H,10-11H2;(H2,1,2,3,4)/q+1;/p-1. The average molecular weight is 475 g/mol. The van der Waals surface area contributed by atoms with Gasteiger partial charge in [0.1, 0.15) is 5.69 Å². The molecule has 1 aliphatic rings. The molecule has 1 aliphatic heterocycles. The van der Waals surface area contributed by atoms with Crippen LogP contribution in [0.15, 0.2) is 54.6 Å². The van der Waals surface area contributed by atoms with Crippen molar-refractivity contribution in [3.05, 3.63) is 61.7 Å². The maximum absolute atomic E-state index is 11.9. The molecule has 9 heteroatoms. The highest BCUT2D eigenvalue weighted by molar-refractivity contribution is 7.79. The fourth-order valence-corrected chi connectivity index (χ4v) is 4.68. The third-order valence-corrected chi connectivity index (χ3v) is 5.92. The number of benzene rings is 2. The third kappa shape index (κ3) is 6.20. The first-order valence-electron chi connectivity index (χ1n) is 7.08. The number of imide groups is 1. The van der Waals surface area contributed by atoms with E-state index >= 15 is 0 Å². The van der Waals surface area contributed by atoms with Crippen molar-refractivity contribution < 1.29 is 48.3 Å². The minimum atomic E-state index is -4.92. The first kappa shape index (κ1) is 19.5. The smallest absolute Gasteiger partial charge is 0.360 e. The Bertz CT molecular complexity index is 845. The summed E-state index contributed by atoms with van der Waals surface area (Å²) < 4.78 is 35.2. The molecular weight excluding hydrogens is 461 g/mol. The zero-order valence-corrected chi connectivity index (χ0v) is 15.8. The van der Waals surface area contributed by atoms with Crippen molar-refractivity contribution in [2.75, 3.05) is 4.90 Å². The summed E-state index contributed by atoms with van der Waals surface area (Å²) in [5.74, 6) is -0.168. The van der Waals surface area contributed by atoms with E-state index in [-0.39, 0.29) is 11.8 Å². The molecule has 0 aromatic heterocycles. The van der Waals surface area contributed by atoms with Crippen molar-refractivity contribution >= 4 is 27.9 Å². The number of carbonyl (C=O) groups is 2. The summed E-state index contributed by atoms with van der Waals surface area (Å²) in [5.41, 5.74) is 0.775. The van der Waals surface area contributed by atoms with Crippen LogP contribution in [0.4, 0.5) is 5.69 Å². The number of carbonyl (C=O) groups excluding carboxylic acids is 2. The normalized spacial score (nSPS) is 14.2. The predicted molar refractivity (Wildman–Crippen MR) is 84.3 cm³/mol. The zero-order valence-electron chi connectivity index (χ0n) is 12.8. The summed E-state index contributed by atoms with van der Waals surface area (Å²) >= 11 is -0.396. The van der Waals surface area contributed by atoms with Gasteiger partial charge >= 0.3 is 21.2 Å². The van der Waals surface area contributed by atoms with Crippen LogP contribution in [-0.2, 0) is 20.0 Å². The van der Waals surface area contributed by atoms with Gasteiger partial charge in [0.2, 0.25) is 25.8 Å². The van der Waals surface area contributed by atoms with Gasteiger partial charge in [-0.15, -0.1) is 0 Å². The predicted octanol–water partition coefficient (Wildman–Crippen LogP) is -1.53. The maximum atomic E-state index is 11.9. The number of nitrogens with zero attached hydrogens (tertiary/aromatic N) is 1. The number of hydrogen-bond donors (Lipinski definition) is 1. The van der Waals surface area contributed by atoms with Crippen LogP contribution in [0.5, 0.6) is 0 Å². The summed E-state index contributed by atoms with van der Waals surface area (Å²) in [6, 6.07) is 18.0. The van der Waals surface area contributed by atoms with Crippen molar-refractivity contribution in [1.29, 1.82) is 0 Å². The first-order chi connectivity index (χ1) is 11.8. The number of anilines is 1. The molecule has 1 fully saturated rings. The minimum absolute atomic E-state index is 0.0838. The van der Waals surface area contributed by atoms with E-state index in [9.17, 15) is 9.59 Å². The minimum Gasteiger partial charge on any atom is -0.726 e. The number of para-hydroxylation sites is 1. The Morgan fingerprint density at radius 2 is 1.40 bits per heavy atom. The molecular formula is C16H14INO6S. The Kier molecular flexibility index (Phi) is 6.64. The van der Waals surface area contributed by atoms with E-state index in [2.05, 4.69) is 12.1 Å². The van der Waals surface area contributed by atoms with Crippen molar-refractivity contribution in [2.45, 2.75) is 12.8 Å². The molecule has 0 radical (unpaired) electrons. The van der Waals surface area contributed by atoms with Crippen LogP contribution in [0.1, 0.15) is 12.8 Å². The molecule has 0 saturated carbocycles. The quantitative estimate of drug-likeness (QED) is 0.250. The average Bonchev–Trinajstić information content (AvgIpc) is 2.86. The van der Waals surface area contributed by atoms with Crippen LogP contribution < -0.4 is 26.1 Å². The molecule has 0 spiro atoms. The van der Waals surface area contributed by atoms with Crippen molar-refractivity contribution in [2.24, 2.45) is 0 Å². The molecule has 2 aromatic carbocycles. The second-order valence-electron chi connectivity index (χ2n) is 4.89. The van der Waals surface area contributed by atoms with E-state index in [1.165, 1.54) is 8.47 Å². The Morgan fingerprint density at radius 1 is 0.920 bits per heavy atom. The van der Waals surface area contributed by atoms with E-state index < -0.39 is 31.6 Å². The highest BCUT2D eigenvalue weighted by atomic mass is 127. The monoisotopic (exact) mass is 475 g/mol. The molecule has 2 amide bonds. The second-order valence-corrected chi connectivity index (χ2v) is 8.69. The molecule has 0 bridgehead atoms. The molecule has 3 rings (SSSR count). The fraction of sp³-hybridized carbons (Fsp3) is 0.125. The van der Waals surface area contributed by atoms with Gasteiger partial charge in [0, 0.05) is 12.8 Å². The van der Waals surface area contributed by atoms with Crippen LogP contribution >= 0.6 is 0 Å². The molecule has 132 valence electrons. The number of amides is 2. The van der Waals surface area contributed by atoms with Crippen LogP contribution in [0.25, 0.3) is 0 Å². The van der Waals surface area contributed by atoms with Crippen LogP contribution in [0, 0.1) is 7.14 Å². The summed E-state index contributed by atoms with van der Waals surface area (Å²) in [5, 5.41) is 0. The number of rotatable bonds is 3. The highest BCUT2D eigenvalue weighted by Gasteiger charge is 2.34. The summed E-state index contributed by atoms with van der Waals surface area (Å²) in [6.45, 7) is 0. The van der Waals surface area contributed by atoms with Gasteiger partial charge in [-0.2, -0.15) is 0 Å².